The van der Waals surface area contributed by atoms with E-state index in [0.29, 0.717) is 5.69 Å². The van der Waals surface area contributed by atoms with Gasteiger partial charge in [0.05, 0.1) is 10.6 Å². The van der Waals surface area contributed by atoms with Crippen LogP contribution in [-0.4, -0.2) is 23.8 Å². The average molecular weight is 280 g/mol. The quantitative estimate of drug-likeness (QED) is 0.772. The van der Waals surface area contributed by atoms with Crippen molar-refractivity contribution in [1.82, 2.24) is 9.13 Å². The summed E-state index contributed by atoms with van der Waals surface area (Å²) in [5, 5.41) is 0. The third kappa shape index (κ3) is 2.50. The zero-order valence-corrected chi connectivity index (χ0v) is 11.2. The van der Waals surface area contributed by atoms with Gasteiger partial charge in [-0.1, -0.05) is 0 Å². The molecule has 1 aromatic heterocycles. The van der Waals surface area contributed by atoms with Gasteiger partial charge in [0.1, 0.15) is 0 Å². The van der Waals surface area contributed by atoms with E-state index in [2.05, 4.69) is 0 Å². The van der Waals surface area contributed by atoms with Gasteiger partial charge in [-0.15, -0.1) is 0 Å². The fraction of sp³-hybridized carbons (Fsp3) is 0.167. The summed E-state index contributed by atoms with van der Waals surface area (Å²) in [5.41, 5.74) is -0.387. The highest BCUT2D eigenvalue weighted by Gasteiger charge is 2.08. The van der Waals surface area contributed by atoms with Crippen molar-refractivity contribution >= 4 is 9.84 Å². The molecule has 2 aromatic rings. The number of sulfone groups is 1. The van der Waals surface area contributed by atoms with Gasteiger partial charge in [0, 0.05) is 25.6 Å². The first-order valence-electron chi connectivity index (χ1n) is 5.40. The Morgan fingerprint density at radius 3 is 2.11 bits per heavy atom. The maximum atomic E-state index is 11.9. The Morgan fingerprint density at radius 2 is 1.58 bits per heavy atom. The summed E-state index contributed by atoms with van der Waals surface area (Å²) in [6.07, 6.45) is 2.47. The first-order chi connectivity index (χ1) is 8.80. The van der Waals surface area contributed by atoms with Gasteiger partial charge in [-0.3, -0.25) is 13.9 Å². The van der Waals surface area contributed by atoms with Crippen LogP contribution in [0.3, 0.4) is 0 Å². The fourth-order valence-electron chi connectivity index (χ4n) is 1.62. The van der Waals surface area contributed by atoms with E-state index in [0.717, 1.165) is 10.8 Å². The molecule has 0 bridgehead atoms. The van der Waals surface area contributed by atoms with Gasteiger partial charge in [0.2, 0.25) is 0 Å². The van der Waals surface area contributed by atoms with E-state index in [-0.39, 0.29) is 4.90 Å². The Kier molecular flexibility index (Phi) is 3.15. The van der Waals surface area contributed by atoms with Crippen LogP contribution in [0.1, 0.15) is 0 Å². The summed E-state index contributed by atoms with van der Waals surface area (Å²) in [4.78, 5) is 23.3. The lowest BCUT2D eigenvalue weighted by atomic mass is 10.3. The normalized spacial score (nSPS) is 11.5. The Labute approximate surface area is 109 Å². The zero-order chi connectivity index (χ0) is 14.2. The molecular weight excluding hydrogens is 268 g/mol. The minimum Gasteiger partial charge on any atom is -0.269 e. The van der Waals surface area contributed by atoms with E-state index in [4.69, 9.17) is 0 Å². The summed E-state index contributed by atoms with van der Waals surface area (Å²) in [6.45, 7) is 0. The molecular formula is C12H12N2O4S. The number of hydrogen-bond donors (Lipinski definition) is 0. The lowest BCUT2D eigenvalue weighted by Crippen LogP contribution is -2.36. The SMILES string of the molecule is Cn1c(=O)ccn(-c2ccc(S(C)(=O)=O)cc2)c1=O. The fourth-order valence-corrected chi connectivity index (χ4v) is 2.25. The molecule has 0 aliphatic carbocycles. The van der Waals surface area contributed by atoms with Crippen molar-refractivity contribution in [2.75, 3.05) is 6.26 Å². The number of aromatic nitrogens is 2. The average Bonchev–Trinajstić information content (AvgIpc) is 2.35. The highest BCUT2D eigenvalue weighted by atomic mass is 32.2. The van der Waals surface area contributed by atoms with Gasteiger partial charge in [-0.25, -0.2) is 13.2 Å². The molecule has 19 heavy (non-hydrogen) atoms. The minimum absolute atomic E-state index is 0.175. The molecule has 0 radical (unpaired) electrons. The lowest BCUT2D eigenvalue weighted by Gasteiger charge is -2.07. The van der Waals surface area contributed by atoms with Gasteiger partial charge in [0.25, 0.3) is 5.56 Å². The molecule has 1 aromatic carbocycles. The largest absolute Gasteiger partial charge is 0.335 e. The molecule has 0 saturated carbocycles. The van der Waals surface area contributed by atoms with Crippen LogP contribution in [0.15, 0.2) is 51.0 Å². The summed E-state index contributed by atoms with van der Waals surface area (Å²) in [7, 11) is -1.89. The van der Waals surface area contributed by atoms with Crippen molar-refractivity contribution < 1.29 is 8.42 Å². The molecule has 0 amide bonds. The highest BCUT2D eigenvalue weighted by molar-refractivity contribution is 7.90. The van der Waals surface area contributed by atoms with Crippen LogP contribution in [0.2, 0.25) is 0 Å². The van der Waals surface area contributed by atoms with Crippen LogP contribution in [0.25, 0.3) is 5.69 Å². The Morgan fingerprint density at radius 1 is 1.00 bits per heavy atom. The molecule has 0 N–H and O–H groups in total. The van der Waals surface area contributed by atoms with Gasteiger partial charge < -0.3 is 0 Å². The van der Waals surface area contributed by atoms with Crippen molar-refractivity contribution in [3.8, 4) is 5.69 Å². The highest BCUT2D eigenvalue weighted by Crippen LogP contribution is 2.11. The van der Waals surface area contributed by atoms with E-state index in [1.54, 1.807) is 0 Å². The van der Waals surface area contributed by atoms with E-state index in [1.165, 1.54) is 48.1 Å². The summed E-state index contributed by atoms with van der Waals surface area (Å²) in [6, 6.07) is 7.14. The molecule has 100 valence electrons. The maximum absolute atomic E-state index is 11.9. The lowest BCUT2D eigenvalue weighted by molar-refractivity contribution is 0.602. The predicted molar refractivity (Wildman–Crippen MR) is 70.4 cm³/mol. The Bertz CT molecular complexity index is 829. The number of rotatable bonds is 2. The summed E-state index contributed by atoms with van der Waals surface area (Å²) < 4.78 is 24.9. The van der Waals surface area contributed by atoms with Gasteiger partial charge in [0.15, 0.2) is 9.84 Å². The first-order valence-corrected chi connectivity index (χ1v) is 7.29. The summed E-state index contributed by atoms with van der Waals surface area (Å²) in [5.74, 6) is 0. The number of nitrogens with zero attached hydrogens (tertiary/aromatic N) is 2. The van der Waals surface area contributed by atoms with Crippen LogP contribution >= 0.6 is 0 Å². The second kappa shape index (κ2) is 4.51. The van der Waals surface area contributed by atoms with Crippen molar-refractivity contribution in [2.45, 2.75) is 4.90 Å². The predicted octanol–water partition coefficient (Wildman–Crippen LogP) is -0.0603. The zero-order valence-electron chi connectivity index (χ0n) is 10.4. The van der Waals surface area contributed by atoms with E-state index in [1.807, 2.05) is 0 Å². The standard InChI is InChI=1S/C12H12N2O4S/c1-13-11(15)7-8-14(12(13)16)9-3-5-10(6-4-9)19(2,17)18/h3-8H,1-2H3. The van der Waals surface area contributed by atoms with Crippen molar-refractivity contribution in [2.24, 2.45) is 7.05 Å². The van der Waals surface area contributed by atoms with Crippen LogP contribution in [0, 0.1) is 0 Å². The van der Waals surface area contributed by atoms with Crippen LogP contribution in [0.5, 0.6) is 0 Å². The topological polar surface area (TPSA) is 78.1 Å². The van der Waals surface area contributed by atoms with Crippen LogP contribution < -0.4 is 11.2 Å². The second-order valence-corrected chi connectivity index (χ2v) is 6.15. The molecule has 0 aliphatic rings. The molecule has 0 saturated heterocycles. The monoisotopic (exact) mass is 280 g/mol. The van der Waals surface area contributed by atoms with E-state index < -0.39 is 21.1 Å². The number of benzene rings is 1. The third-order valence-corrected chi connectivity index (χ3v) is 3.86. The third-order valence-electron chi connectivity index (χ3n) is 2.73. The molecule has 6 nitrogen and oxygen atoms in total. The number of hydrogen-bond acceptors (Lipinski definition) is 4. The maximum Gasteiger partial charge on any atom is 0.335 e. The minimum atomic E-state index is -3.27. The smallest absolute Gasteiger partial charge is 0.269 e. The molecule has 0 unspecified atom stereocenters. The van der Waals surface area contributed by atoms with Crippen LogP contribution in [-0.2, 0) is 16.9 Å². The Hall–Kier alpha value is -2.15. The van der Waals surface area contributed by atoms with E-state index >= 15 is 0 Å². The molecule has 0 spiro atoms. The Balaban J connectivity index is 2.59. The molecule has 0 aliphatic heterocycles. The van der Waals surface area contributed by atoms with Gasteiger partial charge in [-0.2, -0.15) is 0 Å². The molecule has 7 heteroatoms. The molecule has 2 rings (SSSR count). The summed E-state index contributed by atoms with van der Waals surface area (Å²) >= 11 is 0. The van der Waals surface area contributed by atoms with Crippen molar-refractivity contribution in [3.05, 3.63) is 57.4 Å². The molecule has 0 atom stereocenters. The molecule has 1 heterocycles. The molecule has 0 fully saturated rings. The van der Waals surface area contributed by atoms with Crippen LogP contribution in [0.4, 0.5) is 0 Å². The van der Waals surface area contributed by atoms with Gasteiger partial charge in [-0.05, 0) is 24.3 Å². The van der Waals surface area contributed by atoms with Crippen molar-refractivity contribution in [1.29, 1.82) is 0 Å². The van der Waals surface area contributed by atoms with Gasteiger partial charge >= 0.3 is 5.69 Å². The van der Waals surface area contributed by atoms with Crippen molar-refractivity contribution in [3.63, 3.8) is 0 Å². The first kappa shape index (κ1) is 13.3. The van der Waals surface area contributed by atoms with E-state index in [9.17, 15) is 18.0 Å². The second-order valence-electron chi connectivity index (χ2n) is 4.13.